The molecule has 3 atom stereocenters. The van der Waals surface area contributed by atoms with Crippen LogP contribution in [0.5, 0.6) is 0 Å². The van der Waals surface area contributed by atoms with Crippen molar-refractivity contribution in [3.8, 4) is 0 Å². The molecule has 1 nitrogen and oxygen atoms in total. The Hall–Kier alpha value is 0.450. The van der Waals surface area contributed by atoms with E-state index in [0.29, 0.717) is 16.9 Å². The Balaban J connectivity index is 2.36. The summed E-state index contributed by atoms with van der Waals surface area (Å²) in [6.07, 6.45) is -3.84. The molecule has 17 heavy (non-hydrogen) atoms. The maximum Gasteiger partial charge on any atom is 0.389 e. The summed E-state index contributed by atoms with van der Waals surface area (Å²) >= 11 is 3.82. The first kappa shape index (κ1) is 15.5. The molecular weight excluding hydrogens is 267 g/mol. The molecule has 1 N–H and O–H groups in total. The van der Waals surface area contributed by atoms with Crippen LogP contribution in [0.1, 0.15) is 26.2 Å². The van der Waals surface area contributed by atoms with E-state index in [1.807, 2.05) is 30.6 Å². The summed E-state index contributed by atoms with van der Waals surface area (Å²) in [5, 5.41) is 4.15. The minimum atomic E-state index is -4.02. The zero-order valence-electron chi connectivity index (χ0n) is 10.2. The summed E-state index contributed by atoms with van der Waals surface area (Å²) < 4.78 is 36.3. The van der Waals surface area contributed by atoms with E-state index in [4.69, 9.17) is 0 Å². The molecule has 0 aromatic carbocycles. The molecule has 3 unspecified atom stereocenters. The molecule has 1 saturated heterocycles. The molecule has 0 radical (unpaired) electrons. The predicted molar refractivity (Wildman–Crippen MR) is 70.9 cm³/mol. The van der Waals surface area contributed by atoms with Crippen molar-refractivity contribution < 1.29 is 13.2 Å². The Morgan fingerprint density at radius 2 is 1.94 bits per heavy atom. The first-order valence-electron chi connectivity index (χ1n) is 5.91. The zero-order valence-corrected chi connectivity index (χ0v) is 11.9. The van der Waals surface area contributed by atoms with Gasteiger partial charge in [0.2, 0.25) is 0 Å². The van der Waals surface area contributed by atoms with E-state index in [1.54, 1.807) is 0 Å². The van der Waals surface area contributed by atoms with E-state index in [9.17, 15) is 13.2 Å². The van der Waals surface area contributed by atoms with Crippen LogP contribution in [0.2, 0.25) is 0 Å². The van der Waals surface area contributed by atoms with Crippen molar-refractivity contribution >= 4 is 23.5 Å². The second kappa shape index (κ2) is 7.14. The Labute approximate surface area is 110 Å². The summed E-state index contributed by atoms with van der Waals surface area (Å²) in [5.41, 5.74) is 0. The van der Waals surface area contributed by atoms with Crippen molar-refractivity contribution in [2.45, 2.75) is 48.9 Å². The molecule has 1 rings (SSSR count). The van der Waals surface area contributed by atoms with Crippen molar-refractivity contribution in [3.63, 3.8) is 0 Å². The van der Waals surface area contributed by atoms with Crippen molar-refractivity contribution in [1.29, 1.82) is 0 Å². The molecule has 0 saturated carbocycles. The highest BCUT2D eigenvalue weighted by Gasteiger charge is 2.31. The summed E-state index contributed by atoms with van der Waals surface area (Å²) in [6, 6.07) is 0.199. The van der Waals surface area contributed by atoms with E-state index in [0.717, 1.165) is 11.5 Å². The number of halogens is 3. The van der Waals surface area contributed by atoms with Gasteiger partial charge in [-0.3, -0.25) is 0 Å². The second-order valence-corrected chi connectivity index (χ2v) is 7.08. The lowest BCUT2D eigenvalue weighted by Gasteiger charge is -2.34. The Morgan fingerprint density at radius 3 is 2.47 bits per heavy atom. The lowest BCUT2D eigenvalue weighted by Crippen LogP contribution is -2.42. The zero-order chi connectivity index (χ0) is 12.9. The van der Waals surface area contributed by atoms with Gasteiger partial charge < -0.3 is 5.32 Å². The summed E-state index contributed by atoms with van der Waals surface area (Å²) in [4.78, 5) is 0. The maximum absolute atomic E-state index is 12.1. The van der Waals surface area contributed by atoms with Gasteiger partial charge in [0.05, 0.1) is 0 Å². The van der Waals surface area contributed by atoms with Crippen LogP contribution in [0.3, 0.4) is 0 Å². The number of hydrogen-bond donors (Lipinski definition) is 1. The van der Waals surface area contributed by atoms with Gasteiger partial charge in [-0.15, -0.1) is 0 Å². The van der Waals surface area contributed by atoms with Gasteiger partial charge in [0, 0.05) is 34.5 Å². The minimum absolute atomic E-state index is 0.199. The van der Waals surface area contributed by atoms with Gasteiger partial charge in [0.1, 0.15) is 0 Å². The molecule has 1 aliphatic heterocycles. The van der Waals surface area contributed by atoms with Crippen molar-refractivity contribution in [2.75, 3.05) is 18.6 Å². The molecule has 0 aliphatic carbocycles. The van der Waals surface area contributed by atoms with Gasteiger partial charge in [-0.05, 0) is 19.9 Å². The molecule has 0 amide bonds. The molecule has 0 bridgehead atoms. The first-order chi connectivity index (χ1) is 7.94. The van der Waals surface area contributed by atoms with Crippen LogP contribution in [0.15, 0.2) is 0 Å². The molecule has 1 fully saturated rings. The average molecular weight is 287 g/mol. The lowest BCUT2D eigenvalue weighted by atomic mass is 10.0. The van der Waals surface area contributed by atoms with Crippen molar-refractivity contribution in [2.24, 2.45) is 0 Å². The Morgan fingerprint density at radius 1 is 1.29 bits per heavy atom. The molecule has 0 aromatic heterocycles. The quantitative estimate of drug-likeness (QED) is 0.830. The van der Waals surface area contributed by atoms with E-state index in [1.165, 1.54) is 0 Å². The third-order valence-corrected chi connectivity index (χ3v) is 6.23. The highest BCUT2D eigenvalue weighted by atomic mass is 32.2. The van der Waals surface area contributed by atoms with Gasteiger partial charge in [-0.2, -0.15) is 36.7 Å². The number of thioether (sulfide) groups is 2. The van der Waals surface area contributed by atoms with Crippen molar-refractivity contribution in [1.82, 2.24) is 5.32 Å². The summed E-state index contributed by atoms with van der Waals surface area (Å²) in [7, 11) is 1.85. The summed E-state index contributed by atoms with van der Waals surface area (Å²) in [6.45, 7) is 2.18. The highest BCUT2D eigenvalue weighted by molar-refractivity contribution is 8.07. The minimum Gasteiger partial charge on any atom is -0.316 e. The van der Waals surface area contributed by atoms with Crippen molar-refractivity contribution in [3.05, 3.63) is 0 Å². The van der Waals surface area contributed by atoms with E-state index in [-0.39, 0.29) is 12.5 Å². The smallest absolute Gasteiger partial charge is 0.316 e. The van der Waals surface area contributed by atoms with E-state index < -0.39 is 12.6 Å². The number of rotatable bonds is 5. The standard InChI is InChI=1S/C11H20F3NS2/c1-8-10(17-7-6-16-8)9(15-2)4-3-5-11(12,13)14/h8-10,15H,3-7H2,1-2H3. The van der Waals surface area contributed by atoms with Crippen LogP contribution in [0.25, 0.3) is 0 Å². The Kier molecular flexibility index (Phi) is 6.51. The van der Waals surface area contributed by atoms with Crippen LogP contribution in [0.4, 0.5) is 13.2 Å². The van der Waals surface area contributed by atoms with Gasteiger partial charge in [-0.25, -0.2) is 0 Å². The number of alkyl halides is 3. The second-order valence-electron chi connectivity index (χ2n) is 4.31. The first-order valence-corrected chi connectivity index (χ1v) is 8.01. The molecule has 0 aromatic rings. The molecule has 1 heterocycles. The van der Waals surface area contributed by atoms with Crippen LogP contribution in [-0.2, 0) is 0 Å². The normalized spacial score (nSPS) is 28.1. The molecule has 102 valence electrons. The van der Waals surface area contributed by atoms with Gasteiger partial charge in [0.15, 0.2) is 0 Å². The predicted octanol–water partition coefficient (Wildman–Crippen LogP) is 3.54. The third kappa shape index (κ3) is 5.75. The van der Waals surface area contributed by atoms with Crippen LogP contribution >= 0.6 is 23.5 Å². The average Bonchev–Trinajstić information content (AvgIpc) is 2.24. The van der Waals surface area contributed by atoms with E-state index in [2.05, 4.69) is 12.2 Å². The van der Waals surface area contributed by atoms with Crippen LogP contribution < -0.4 is 5.32 Å². The van der Waals surface area contributed by atoms with E-state index >= 15 is 0 Å². The van der Waals surface area contributed by atoms with Gasteiger partial charge >= 0.3 is 6.18 Å². The molecule has 0 spiro atoms. The monoisotopic (exact) mass is 287 g/mol. The number of nitrogens with one attached hydrogen (secondary N) is 1. The topological polar surface area (TPSA) is 12.0 Å². The fraction of sp³-hybridized carbons (Fsp3) is 1.00. The largest absolute Gasteiger partial charge is 0.389 e. The lowest BCUT2D eigenvalue weighted by molar-refractivity contribution is -0.135. The fourth-order valence-electron chi connectivity index (χ4n) is 2.09. The Bertz CT molecular complexity index is 223. The highest BCUT2D eigenvalue weighted by Crippen LogP contribution is 2.34. The molecule has 6 heteroatoms. The maximum atomic E-state index is 12.1. The summed E-state index contributed by atoms with van der Waals surface area (Å²) in [5.74, 6) is 2.26. The van der Waals surface area contributed by atoms with Gasteiger partial charge in [0.25, 0.3) is 0 Å². The fourth-order valence-corrected chi connectivity index (χ4v) is 5.13. The van der Waals surface area contributed by atoms with Crippen LogP contribution in [-0.4, -0.2) is 41.3 Å². The van der Waals surface area contributed by atoms with Crippen LogP contribution in [0, 0.1) is 0 Å². The third-order valence-electron chi connectivity index (χ3n) is 2.98. The molecular formula is C11H20F3NS2. The number of hydrogen-bond acceptors (Lipinski definition) is 3. The molecule has 1 aliphatic rings. The van der Waals surface area contributed by atoms with Gasteiger partial charge in [-0.1, -0.05) is 6.92 Å². The SMILES string of the molecule is CNC(CCCC(F)(F)F)C1SCCSC1C.